The third-order valence-electron chi connectivity index (χ3n) is 5.84. The summed E-state index contributed by atoms with van der Waals surface area (Å²) in [6.45, 7) is 8.82. The summed E-state index contributed by atoms with van der Waals surface area (Å²) in [4.78, 5) is 24.1. The first-order valence-electron chi connectivity index (χ1n) is 11.0. The third-order valence-corrected chi connectivity index (χ3v) is 5.84. The number of ether oxygens (including phenoxy) is 1. The Morgan fingerprint density at radius 2 is 1.55 bits per heavy atom. The van der Waals surface area contributed by atoms with Crippen molar-refractivity contribution < 1.29 is 19.4 Å². The van der Waals surface area contributed by atoms with Crippen molar-refractivity contribution in [1.82, 2.24) is 5.32 Å². The van der Waals surface area contributed by atoms with Crippen LogP contribution in [0.1, 0.15) is 64.0 Å². The maximum absolute atomic E-state index is 12.4. The highest BCUT2D eigenvalue weighted by Gasteiger charge is 2.30. The number of nitrogens with one attached hydrogen (secondary N) is 1. The van der Waals surface area contributed by atoms with E-state index in [-0.39, 0.29) is 17.9 Å². The Balaban J connectivity index is 1.58. The minimum Gasteiger partial charge on any atom is -0.480 e. The minimum absolute atomic E-state index is 0.0479. The van der Waals surface area contributed by atoms with E-state index in [1.165, 1.54) is 0 Å². The fourth-order valence-corrected chi connectivity index (χ4v) is 4.64. The van der Waals surface area contributed by atoms with Crippen LogP contribution >= 0.6 is 0 Å². The number of carbonyl (C=O) groups excluding carboxylic acids is 1. The smallest absolute Gasteiger partial charge is 0.407 e. The summed E-state index contributed by atoms with van der Waals surface area (Å²) in [6.07, 6.45) is 1.44. The van der Waals surface area contributed by atoms with Gasteiger partial charge < -0.3 is 15.2 Å². The average molecular weight is 424 g/mol. The Bertz CT molecular complexity index is 885. The molecule has 166 valence electrons. The van der Waals surface area contributed by atoms with E-state index in [0.717, 1.165) is 35.1 Å². The number of carboxylic acids is 1. The molecule has 0 radical (unpaired) electrons. The predicted molar refractivity (Wildman–Crippen MR) is 122 cm³/mol. The number of aliphatic carboxylic acids is 1. The second-order valence-corrected chi connectivity index (χ2v) is 9.81. The van der Waals surface area contributed by atoms with Crippen molar-refractivity contribution in [2.75, 3.05) is 6.61 Å². The Labute approximate surface area is 184 Å². The molecule has 5 nitrogen and oxygen atoms in total. The van der Waals surface area contributed by atoms with Gasteiger partial charge in [-0.2, -0.15) is 0 Å². The molecule has 2 atom stereocenters. The summed E-state index contributed by atoms with van der Waals surface area (Å²) in [7, 11) is 0. The highest BCUT2D eigenvalue weighted by atomic mass is 16.5. The van der Waals surface area contributed by atoms with Gasteiger partial charge in [-0.1, -0.05) is 76.2 Å². The van der Waals surface area contributed by atoms with Gasteiger partial charge in [0.05, 0.1) is 0 Å². The van der Waals surface area contributed by atoms with E-state index >= 15 is 0 Å². The third kappa shape index (κ3) is 5.87. The molecule has 0 spiro atoms. The summed E-state index contributed by atoms with van der Waals surface area (Å²) in [5.74, 6) is -0.698. The number of rotatable bonds is 8. The van der Waals surface area contributed by atoms with Crippen molar-refractivity contribution >= 4 is 12.1 Å². The molecule has 1 aliphatic carbocycles. The van der Waals surface area contributed by atoms with Crippen LogP contribution in [0.2, 0.25) is 0 Å². The number of carboxylic acid groups (broad SMARTS) is 1. The van der Waals surface area contributed by atoms with Crippen molar-refractivity contribution in [2.24, 2.45) is 11.3 Å². The lowest BCUT2D eigenvalue weighted by atomic mass is 9.83. The molecule has 2 aromatic carbocycles. The van der Waals surface area contributed by atoms with Crippen LogP contribution in [-0.2, 0) is 9.53 Å². The summed E-state index contributed by atoms with van der Waals surface area (Å²) in [6, 6.07) is 15.3. The topological polar surface area (TPSA) is 75.6 Å². The highest BCUT2D eigenvalue weighted by Crippen LogP contribution is 2.44. The van der Waals surface area contributed by atoms with E-state index < -0.39 is 18.1 Å². The molecule has 0 fully saturated rings. The van der Waals surface area contributed by atoms with E-state index in [9.17, 15) is 14.7 Å². The molecule has 2 N–H and O–H groups in total. The van der Waals surface area contributed by atoms with Crippen LogP contribution in [0.15, 0.2) is 48.5 Å². The molecular formula is C26H33NO4. The number of fused-ring (bicyclic) bond motifs is 3. The van der Waals surface area contributed by atoms with Crippen LogP contribution in [0.5, 0.6) is 0 Å². The molecule has 2 unspecified atom stereocenters. The van der Waals surface area contributed by atoms with Gasteiger partial charge in [-0.05, 0) is 52.8 Å². The zero-order valence-electron chi connectivity index (χ0n) is 18.9. The lowest BCUT2D eigenvalue weighted by Crippen LogP contribution is -2.41. The lowest BCUT2D eigenvalue weighted by Gasteiger charge is -2.24. The molecule has 1 amide bonds. The first kappa shape index (κ1) is 22.9. The molecule has 0 aliphatic heterocycles. The maximum atomic E-state index is 12.4. The predicted octanol–water partition coefficient (Wildman–Crippen LogP) is 5.83. The summed E-state index contributed by atoms with van der Waals surface area (Å²) < 4.78 is 5.49. The molecule has 1 aliphatic rings. The van der Waals surface area contributed by atoms with E-state index in [4.69, 9.17) is 4.74 Å². The summed E-state index contributed by atoms with van der Waals surface area (Å²) >= 11 is 0. The molecule has 0 bridgehead atoms. The van der Waals surface area contributed by atoms with Gasteiger partial charge in [0.15, 0.2) is 0 Å². The average Bonchev–Trinajstić information content (AvgIpc) is 3.02. The lowest BCUT2D eigenvalue weighted by molar-refractivity contribution is -0.139. The first-order valence-corrected chi connectivity index (χ1v) is 11.0. The minimum atomic E-state index is -1.03. The molecule has 31 heavy (non-hydrogen) atoms. The van der Waals surface area contributed by atoms with Crippen LogP contribution in [0.3, 0.4) is 0 Å². The number of amides is 1. The van der Waals surface area contributed by atoms with Crippen LogP contribution in [-0.4, -0.2) is 29.8 Å². The number of hydrogen-bond donors (Lipinski definition) is 2. The monoisotopic (exact) mass is 423 g/mol. The Hall–Kier alpha value is -2.82. The molecule has 0 saturated carbocycles. The molecule has 3 rings (SSSR count). The standard InChI is InChI=1S/C26H33NO4/c1-17(15-26(2,3)4)13-14-23(24(28)29)27-25(30)31-16-22-20-11-7-5-9-18(20)19-10-6-8-12-21(19)22/h5-12,17,22-23H,13-16H2,1-4H3,(H,27,30)(H,28,29). The van der Waals surface area contributed by atoms with Gasteiger partial charge in [0.2, 0.25) is 0 Å². The largest absolute Gasteiger partial charge is 0.480 e. The van der Waals surface area contributed by atoms with Gasteiger partial charge in [0.25, 0.3) is 0 Å². The summed E-state index contributed by atoms with van der Waals surface area (Å²) in [5, 5.41) is 12.1. The van der Waals surface area contributed by atoms with Gasteiger partial charge in [-0.15, -0.1) is 0 Å². The molecule has 0 saturated heterocycles. The van der Waals surface area contributed by atoms with Crippen molar-refractivity contribution in [3.63, 3.8) is 0 Å². The van der Waals surface area contributed by atoms with Crippen molar-refractivity contribution in [3.8, 4) is 11.1 Å². The first-order chi connectivity index (χ1) is 14.7. The number of alkyl carbamates (subject to hydrolysis) is 1. The van der Waals surface area contributed by atoms with E-state index in [0.29, 0.717) is 12.3 Å². The van der Waals surface area contributed by atoms with Crippen LogP contribution in [0.25, 0.3) is 11.1 Å². The molecule has 0 aromatic heterocycles. The second kappa shape index (κ2) is 9.54. The summed E-state index contributed by atoms with van der Waals surface area (Å²) in [5.41, 5.74) is 4.76. The highest BCUT2D eigenvalue weighted by molar-refractivity contribution is 5.81. The maximum Gasteiger partial charge on any atom is 0.407 e. The number of carbonyl (C=O) groups is 2. The van der Waals surface area contributed by atoms with Gasteiger partial charge in [0.1, 0.15) is 12.6 Å². The Kier molecular flexibility index (Phi) is 7.04. The zero-order valence-corrected chi connectivity index (χ0v) is 18.9. The van der Waals surface area contributed by atoms with E-state index in [1.807, 2.05) is 24.3 Å². The number of hydrogen-bond acceptors (Lipinski definition) is 3. The normalized spacial score (nSPS) is 15.0. The van der Waals surface area contributed by atoms with Crippen molar-refractivity contribution in [2.45, 2.75) is 58.9 Å². The Morgan fingerprint density at radius 1 is 1.00 bits per heavy atom. The van der Waals surface area contributed by atoms with Gasteiger partial charge in [-0.3, -0.25) is 0 Å². The van der Waals surface area contributed by atoms with Crippen LogP contribution < -0.4 is 5.32 Å². The molecule has 5 heteroatoms. The van der Waals surface area contributed by atoms with Crippen molar-refractivity contribution in [3.05, 3.63) is 59.7 Å². The van der Waals surface area contributed by atoms with Crippen molar-refractivity contribution in [1.29, 1.82) is 0 Å². The second-order valence-electron chi connectivity index (χ2n) is 9.81. The van der Waals surface area contributed by atoms with Gasteiger partial charge in [-0.25, -0.2) is 9.59 Å². The van der Waals surface area contributed by atoms with E-state index in [1.54, 1.807) is 0 Å². The Morgan fingerprint density at radius 3 is 2.06 bits per heavy atom. The van der Waals surface area contributed by atoms with Crippen LogP contribution in [0, 0.1) is 11.3 Å². The SMILES string of the molecule is CC(CCC(NC(=O)OCC1c2ccccc2-c2ccccc21)C(=O)O)CC(C)(C)C. The fraction of sp³-hybridized carbons (Fsp3) is 0.462. The number of benzene rings is 2. The zero-order chi connectivity index (χ0) is 22.6. The molecular weight excluding hydrogens is 390 g/mol. The molecule has 0 heterocycles. The van der Waals surface area contributed by atoms with E-state index in [2.05, 4.69) is 57.3 Å². The van der Waals surface area contributed by atoms with Gasteiger partial charge >= 0.3 is 12.1 Å². The fourth-order valence-electron chi connectivity index (χ4n) is 4.64. The van der Waals surface area contributed by atoms with Gasteiger partial charge in [0, 0.05) is 5.92 Å². The van der Waals surface area contributed by atoms with Crippen LogP contribution in [0.4, 0.5) is 4.79 Å². The molecule has 2 aromatic rings. The quantitative estimate of drug-likeness (QED) is 0.560.